The van der Waals surface area contributed by atoms with Crippen LogP contribution < -0.4 is 0 Å². The number of ketones is 1. The number of carbonyl (C=O) groups is 1. The number of thioether (sulfide) groups is 1. The summed E-state index contributed by atoms with van der Waals surface area (Å²) in [6.07, 6.45) is 2.07. The predicted molar refractivity (Wildman–Crippen MR) is 60.1 cm³/mol. The number of hydrogen-bond acceptors (Lipinski definition) is 3. The summed E-state index contributed by atoms with van der Waals surface area (Å²) in [5.74, 6) is 1.13. The van der Waals surface area contributed by atoms with Crippen molar-refractivity contribution in [3.63, 3.8) is 0 Å². The first kappa shape index (κ1) is 11.3. The third-order valence-corrected chi connectivity index (χ3v) is 2.83. The summed E-state index contributed by atoms with van der Waals surface area (Å²) in [5, 5.41) is 4.35. The lowest BCUT2D eigenvalue weighted by Crippen LogP contribution is -2.05. The van der Waals surface area contributed by atoms with Gasteiger partial charge in [-0.1, -0.05) is 0 Å². The number of nitrogens with zero attached hydrogens (tertiary/aromatic N) is 2. The summed E-state index contributed by atoms with van der Waals surface area (Å²) >= 11 is 1.78. The summed E-state index contributed by atoms with van der Waals surface area (Å²) in [5.41, 5.74) is 2.62. The van der Waals surface area contributed by atoms with E-state index in [9.17, 15) is 4.79 Å². The lowest BCUT2D eigenvalue weighted by Gasteiger charge is -2.02. The zero-order valence-corrected chi connectivity index (χ0v) is 9.94. The Labute approximate surface area is 88.9 Å². The molecule has 0 aliphatic heterocycles. The van der Waals surface area contributed by atoms with Crippen molar-refractivity contribution < 1.29 is 4.79 Å². The quantitative estimate of drug-likeness (QED) is 0.717. The van der Waals surface area contributed by atoms with Gasteiger partial charge in [-0.05, 0) is 27.0 Å². The van der Waals surface area contributed by atoms with Crippen LogP contribution >= 0.6 is 11.8 Å². The number of aryl methyl sites for hydroxylation is 2. The topological polar surface area (TPSA) is 34.9 Å². The smallest absolute Gasteiger partial charge is 0.163 e. The van der Waals surface area contributed by atoms with E-state index in [0.29, 0.717) is 0 Å². The van der Waals surface area contributed by atoms with E-state index in [1.807, 2.05) is 18.5 Å². The number of aromatic nitrogens is 2. The Morgan fingerprint density at radius 2 is 2.14 bits per heavy atom. The molecule has 0 unspecified atom stereocenters. The largest absolute Gasteiger partial charge is 0.294 e. The molecule has 0 saturated heterocycles. The van der Waals surface area contributed by atoms with E-state index >= 15 is 0 Å². The molecule has 14 heavy (non-hydrogen) atoms. The van der Waals surface area contributed by atoms with Crippen molar-refractivity contribution in [1.82, 2.24) is 9.78 Å². The van der Waals surface area contributed by atoms with Crippen molar-refractivity contribution >= 4 is 17.5 Å². The van der Waals surface area contributed by atoms with Crippen LogP contribution in [0, 0.1) is 13.8 Å². The molecule has 0 atom stereocenters. The Balaban J connectivity index is 2.98. The molecule has 0 N–H and O–H groups in total. The normalized spacial score (nSPS) is 10.6. The maximum Gasteiger partial charge on any atom is 0.163 e. The highest BCUT2D eigenvalue weighted by atomic mass is 32.2. The van der Waals surface area contributed by atoms with Gasteiger partial charge >= 0.3 is 0 Å². The lowest BCUT2D eigenvalue weighted by molar-refractivity contribution is 0.101. The molecule has 0 radical (unpaired) electrons. The standard InChI is InChI=1S/C10H16N2OS/c1-7-10(9(3)13)8(2)12(11-7)5-6-14-4/h5-6H2,1-4H3. The molecule has 0 aliphatic carbocycles. The zero-order valence-electron chi connectivity index (χ0n) is 9.13. The SMILES string of the molecule is CSCCn1nc(C)c(C(C)=O)c1C. The van der Waals surface area contributed by atoms with Crippen LogP contribution in [0.1, 0.15) is 28.7 Å². The first-order valence-electron chi connectivity index (χ1n) is 4.61. The van der Waals surface area contributed by atoms with E-state index in [1.54, 1.807) is 18.7 Å². The third kappa shape index (κ3) is 2.18. The average Bonchev–Trinajstić information content (AvgIpc) is 2.38. The molecule has 0 aliphatic rings. The minimum absolute atomic E-state index is 0.107. The second-order valence-corrected chi connectivity index (χ2v) is 4.30. The molecule has 0 bridgehead atoms. The fourth-order valence-corrected chi connectivity index (χ4v) is 1.96. The molecule has 3 nitrogen and oxygen atoms in total. The molecule has 0 fully saturated rings. The number of Topliss-reactive ketones (excluding diaryl/α,β-unsaturated/α-hetero) is 1. The van der Waals surface area contributed by atoms with Crippen LogP contribution in [0.4, 0.5) is 0 Å². The van der Waals surface area contributed by atoms with Gasteiger partial charge in [0.05, 0.1) is 17.8 Å². The Hall–Kier alpha value is -0.770. The monoisotopic (exact) mass is 212 g/mol. The molecule has 0 saturated carbocycles. The number of rotatable bonds is 4. The van der Waals surface area contributed by atoms with E-state index in [-0.39, 0.29) is 5.78 Å². The molecule has 78 valence electrons. The van der Waals surface area contributed by atoms with Gasteiger partial charge in [0.1, 0.15) is 0 Å². The van der Waals surface area contributed by atoms with Gasteiger partial charge in [0, 0.05) is 11.4 Å². The second kappa shape index (κ2) is 4.64. The zero-order chi connectivity index (χ0) is 10.7. The lowest BCUT2D eigenvalue weighted by atomic mass is 10.1. The molecule has 0 amide bonds. The molecule has 0 spiro atoms. The van der Waals surface area contributed by atoms with Crippen molar-refractivity contribution in [3.05, 3.63) is 17.0 Å². The molecule has 1 heterocycles. The summed E-state index contributed by atoms with van der Waals surface area (Å²) in [6, 6.07) is 0. The van der Waals surface area contributed by atoms with Crippen LogP contribution in [0.2, 0.25) is 0 Å². The van der Waals surface area contributed by atoms with Gasteiger partial charge in [-0.3, -0.25) is 9.48 Å². The summed E-state index contributed by atoms with van der Waals surface area (Å²) < 4.78 is 1.92. The van der Waals surface area contributed by atoms with E-state index in [4.69, 9.17) is 0 Å². The Morgan fingerprint density at radius 3 is 2.57 bits per heavy atom. The number of hydrogen-bond donors (Lipinski definition) is 0. The van der Waals surface area contributed by atoms with Crippen molar-refractivity contribution in [3.8, 4) is 0 Å². The van der Waals surface area contributed by atoms with Crippen LogP contribution in [-0.2, 0) is 6.54 Å². The Kier molecular flexibility index (Phi) is 3.75. The minimum Gasteiger partial charge on any atom is -0.294 e. The average molecular weight is 212 g/mol. The van der Waals surface area contributed by atoms with Crippen molar-refractivity contribution in [2.75, 3.05) is 12.0 Å². The van der Waals surface area contributed by atoms with Gasteiger partial charge < -0.3 is 0 Å². The summed E-state index contributed by atoms with van der Waals surface area (Å²) in [4.78, 5) is 11.3. The van der Waals surface area contributed by atoms with E-state index in [2.05, 4.69) is 11.4 Å². The van der Waals surface area contributed by atoms with Crippen molar-refractivity contribution in [1.29, 1.82) is 0 Å². The molecular formula is C10H16N2OS. The van der Waals surface area contributed by atoms with Gasteiger partial charge in [0.2, 0.25) is 0 Å². The van der Waals surface area contributed by atoms with E-state index in [0.717, 1.165) is 29.2 Å². The molecule has 1 aromatic heterocycles. The fourth-order valence-electron chi connectivity index (χ4n) is 1.60. The van der Waals surface area contributed by atoms with Gasteiger partial charge in [0.25, 0.3) is 0 Å². The van der Waals surface area contributed by atoms with Gasteiger partial charge in [-0.25, -0.2) is 0 Å². The molecule has 0 aromatic carbocycles. The Bertz CT molecular complexity index is 344. The highest BCUT2D eigenvalue weighted by Crippen LogP contribution is 2.13. The predicted octanol–water partition coefficient (Wildman–Crippen LogP) is 2.07. The Morgan fingerprint density at radius 1 is 1.50 bits per heavy atom. The first-order chi connectivity index (χ1) is 6.57. The van der Waals surface area contributed by atoms with Crippen LogP contribution in [0.3, 0.4) is 0 Å². The molecule has 4 heteroatoms. The van der Waals surface area contributed by atoms with Crippen LogP contribution in [-0.4, -0.2) is 27.6 Å². The van der Waals surface area contributed by atoms with Gasteiger partial charge in [0.15, 0.2) is 5.78 Å². The van der Waals surface area contributed by atoms with Crippen LogP contribution in [0.5, 0.6) is 0 Å². The highest BCUT2D eigenvalue weighted by Gasteiger charge is 2.14. The first-order valence-corrected chi connectivity index (χ1v) is 6.01. The maximum absolute atomic E-state index is 11.3. The van der Waals surface area contributed by atoms with Crippen molar-refractivity contribution in [2.45, 2.75) is 27.3 Å². The second-order valence-electron chi connectivity index (χ2n) is 3.32. The summed E-state index contributed by atoms with van der Waals surface area (Å²) in [6.45, 7) is 6.31. The van der Waals surface area contributed by atoms with Gasteiger partial charge in [-0.2, -0.15) is 16.9 Å². The molecule has 1 aromatic rings. The highest BCUT2D eigenvalue weighted by molar-refractivity contribution is 7.98. The van der Waals surface area contributed by atoms with Crippen LogP contribution in [0.15, 0.2) is 0 Å². The van der Waals surface area contributed by atoms with Gasteiger partial charge in [-0.15, -0.1) is 0 Å². The molecular weight excluding hydrogens is 196 g/mol. The maximum atomic E-state index is 11.3. The minimum atomic E-state index is 0.107. The summed E-state index contributed by atoms with van der Waals surface area (Å²) in [7, 11) is 0. The van der Waals surface area contributed by atoms with E-state index in [1.165, 1.54) is 0 Å². The van der Waals surface area contributed by atoms with E-state index < -0.39 is 0 Å². The van der Waals surface area contributed by atoms with Crippen LogP contribution in [0.25, 0.3) is 0 Å². The van der Waals surface area contributed by atoms with Crippen molar-refractivity contribution in [2.24, 2.45) is 0 Å². The third-order valence-electron chi connectivity index (χ3n) is 2.24. The fraction of sp³-hybridized carbons (Fsp3) is 0.600. The number of carbonyl (C=O) groups excluding carboxylic acids is 1. The molecule has 1 rings (SSSR count).